The molecule has 0 aliphatic heterocycles. The lowest BCUT2D eigenvalue weighted by molar-refractivity contribution is 0.627. The fraction of sp³-hybridized carbons (Fsp3) is 0.368. The van der Waals surface area contributed by atoms with Gasteiger partial charge in [0, 0.05) is 5.02 Å². The van der Waals surface area contributed by atoms with Gasteiger partial charge in [0.2, 0.25) is 0 Å². The van der Waals surface area contributed by atoms with E-state index in [2.05, 4.69) is 43.4 Å². The van der Waals surface area contributed by atoms with Gasteiger partial charge in [-0.15, -0.1) is 0 Å². The first-order valence-corrected chi connectivity index (χ1v) is 8.18. The van der Waals surface area contributed by atoms with Crippen molar-refractivity contribution >= 4 is 11.6 Å². The molecule has 0 saturated carbocycles. The lowest BCUT2D eigenvalue weighted by Crippen LogP contribution is -2.23. The summed E-state index contributed by atoms with van der Waals surface area (Å²) in [7, 11) is 0. The smallest absolute Gasteiger partial charge is 0.0579 e. The average molecular weight is 300 g/mol. The monoisotopic (exact) mass is 299 g/mol. The van der Waals surface area contributed by atoms with Gasteiger partial charge >= 0.3 is 0 Å². The molecule has 0 amide bonds. The van der Waals surface area contributed by atoms with Crippen molar-refractivity contribution in [1.29, 1.82) is 0 Å². The number of rotatable bonds is 4. The van der Waals surface area contributed by atoms with E-state index >= 15 is 0 Å². The van der Waals surface area contributed by atoms with E-state index in [1.165, 1.54) is 47.1 Å². The summed E-state index contributed by atoms with van der Waals surface area (Å²) in [5.74, 6) is 0. The summed E-state index contributed by atoms with van der Waals surface area (Å²) in [6.07, 6.45) is 3.75. The number of benzene rings is 2. The predicted octanol–water partition coefficient (Wildman–Crippen LogP) is 4.84. The third kappa shape index (κ3) is 2.86. The van der Waals surface area contributed by atoms with Gasteiger partial charge in [0.1, 0.15) is 0 Å². The van der Waals surface area contributed by atoms with E-state index in [1.54, 1.807) is 0 Å². The maximum atomic E-state index is 6.31. The highest BCUT2D eigenvalue weighted by Gasteiger charge is 2.19. The van der Waals surface area contributed by atoms with Gasteiger partial charge in [-0.25, -0.2) is 0 Å². The van der Waals surface area contributed by atoms with Gasteiger partial charge < -0.3 is 5.32 Å². The first-order chi connectivity index (χ1) is 10.2. The van der Waals surface area contributed by atoms with E-state index in [0.29, 0.717) is 0 Å². The number of hydrogen-bond donors (Lipinski definition) is 1. The summed E-state index contributed by atoms with van der Waals surface area (Å²) < 4.78 is 0. The van der Waals surface area contributed by atoms with Crippen molar-refractivity contribution in [2.45, 2.75) is 39.2 Å². The maximum absolute atomic E-state index is 6.31. The molecule has 3 rings (SSSR count). The first kappa shape index (κ1) is 14.6. The molecule has 1 unspecified atom stereocenters. The second-order valence-corrected chi connectivity index (χ2v) is 6.23. The van der Waals surface area contributed by atoms with Crippen LogP contribution >= 0.6 is 11.6 Å². The molecule has 1 nitrogen and oxygen atoms in total. The molecule has 0 fully saturated rings. The fourth-order valence-corrected chi connectivity index (χ4v) is 3.50. The van der Waals surface area contributed by atoms with E-state index in [4.69, 9.17) is 11.6 Å². The molecular formula is C19H22ClN. The zero-order valence-corrected chi connectivity index (χ0v) is 13.5. The molecule has 1 aliphatic carbocycles. The van der Waals surface area contributed by atoms with E-state index in [-0.39, 0.29) is 6.04 Å². The molecule has 1 atom stereocenters. The number of hydrogen-bond acceptors (Lipinski definition) is 1. The molecule has 0 aromatic heterocycles. The molecule has 1 aliphatic rings. The summed E-state index contributed by atoms with van der Waals surface area (Å²) in [5.41, 5.74) is 6.85. The largest absolute Gasteiger partial charge is 0.307 e. The zero-order chi connectivity index (χ0) is 14.8. The highest BCUT2D eigenvalue weighted by atomic mass is 35.5. The fourth-order valence-electron chi connectivity index (χ4n) is 3.32. The molecule has 0 radical (unpaired) electrons. The minimum atomic E-state index is 0.222. The summed E-state index contributed by atoms with van der Waals surface area (Å²) in [6, 6.07) is 13.4. The van der Waals surface area contributed by atoms with Crippen molar-refractivity contribution < 1.29 is 0 Å². The molecule has 0 spiro atoms. The van der Waals surface area contributed by atoms with Crippen molar-refractivity contribution in [3.8, 4) is 0 Å². The molecule has 0 saturated heterocycles. The first-order valence-electron chi connectivity index (χ1n) is 7.80. The van der Waals surface area contributed by atoms with Crippen LogP contribution in [0.1, 0.15) is 47.2 Å². The molecule has 21 heavy (non-hydrogen) atoms. The van der Waals surface area contributed by atoms with Gasteiger partial charge in [0.05, 0.1) is 6.04 Å². The Morgan fingerprint density at radius 2 is 1.95 bits per heavy atom. The second kappa shape index (κ2) is 6.21. The van der Waals surface area contributed by atoms with Crippen LogP contribution < -0.4 is 5.32 Å². The number of aryl methyl sites for hydroxylation is 2. The van der Waals surface area contributed by atoms with E-state index in [1.807, 2.05) is 12.1 Å². The van der Waals surface area contributed by atoms with Gasteiger partial charge in [-0.05, 0) is 66.6 Å². The van der Waals surface area contributed by atoms with Crippen molar-refractivity contribution in [3.05, 3.63) is 69.2 Å². The third-order valence-electron chi connectivity index (χ3n) is 4.48. The molecule has 2 heteroatoms. The minimum absolute atomic E-state index is 0.222. The molecule has 0 bridgehead atoms. The Balaban J connectivity index is 2.03. The van der Waals surface area contributed by atoms with Crippen LogP contribution in [0.15, 0.2) is 36.4 Å². The highest BCUT2D eigenvalue weighted by Crippen LogP contribution is 2.31. The van der Waals surface area contributed by atoms with Crippen LogP contribution in [0, 0.1) is 6.92 Å². The highest BCUT2D eigenvalue weighted by molar-refractivity contribution is 6.31. The lowest BCUT2D eigenvalue weighted by atomic mass is 9.93. The van der Waals surface area contributed by atoms with Crippen LogP contribution in [0.2, 0.25) is 5.02 Å². The van der Waals surface area contributed by atoms with E-state index < -0.39 is 0 Å². The second-order valence-electron chi connectivity index (χ2n) is 5.83. The molecular weight excluding hydrogens is 278 g/mol. The standard InChI is InChI=1S/C19H22ClN/c1-3-21-19(17-8-5-9-18(20)13(17)2)16-11-10-14-6-4-7-15(14)12-16/h5,8-12,19,21H,3-4,6-7H2,1-2H3. The zero-order valence-electron chi connectivity index (χ0n) is 12.7. The van der Waals surface area contributed by atoms with Crippen molar-refractivity contribution in [2.75, 3.05) is 6.54 Å². The van der Waals surface area contributed by atoms with Crippen LogP contribution in [-0.2, 0) is 12.8 Å². The molecule has 110 valence electrons. The SMILES string of the molecule is CCNC(c1ccc2c(c1)CCC2)c1cccc(Cl)c1C. The molecule has 0 heterocycles. The maximum Gasteiger partial charge on any atom is 0.0579 e. The molecule has 2 aromatic rings. The number of fused-ring (bicyclic) bond motifs is 1. The van der Waals surface area contributed by atoms with E-state index in [0.717, 1.165) is 11.6 Å². The van der Waals surface area contributed by atoms with Crippen LogP contribution in [0.4, 0.5) is 0 Å². The number of halogens is 1. The predicted molar refractivity (Wildman–Crippen MR) is 90.2 cm³/mol. The Hall–Kier alpha value is -1.31. The average Bonchev–Trinajstić information content (AvgIpc) is 2.95. The Morgan fingerprint density at radius 1 is 1.14 bits per heavy atom. The normalized spacial score (nSPS) is 15.0. The Morgan fingerprint density at radius 3 is 2.76 bits per heavy atom. The van der Waals surface area contributed by atoms with Crippen LogP contribution in [0.3, 0.4) is 0 Å². The summed E-state index contributed by atoms with van der Waals surface area (Å²) in [4.78, 5) is 0. The lowest BCUT2D eigenvalue weighted by Gasteiger charge is -2.22. The topological polar surface area (TPSA) is 12.0 Å². The van der Waals surface area contributed by atoms with Crippen LogP contribution in [0.25, 0.3) is 0 Å². The summed E-state index contributed by atoms with van der Waals surface area (Å²) >= 11 is 6.31. The van der Waals surface area contributed by atoms with Crippen molar-refractivity contribution in [1.82, 2.24) is 5.32 Å². The van der Waals surface area contributed by atoms with Gasteiger partial charge in [0.25, 0.3) is 0 Å². The van der Waals surface area contributed by atoms with Gasteiger partial charge in [-0.1, -0.05) is 48.9 Å². The Labute approximate surface area is 132 Å². The summed E-state index contributed by atoms with van der Waals surface area (Å²) in [5, 5.41) is 4.46. The van der Waals surface area contributed by atoms with E-state index in [9.17, 15) is 0 Å². The summed E-state index contributed by atoms with van der Waals surface area (Å²) in [6.45, 7) is 5.20. The van der Waals surface area contributed by atoms with Gasteiger partial charge in [0.15, 0.2) is 0 Å². The van der Waals surface area contributed by atoms with Crippen molar-refractivity contribution in [3.63, 3.8) is 0 Å². The minimum Gasteiger partial charge on any atom is -0.307 e. The molecule has 1 N–H and O–H groups in total. The van der Waals surface area contributed by atoms with Crippen molar-refractivity contribution in [2.24, 2.45) is 0 Å². The van der Waals surface area contributed by atoms with Crippen LogP contribution in [0.5, 0.6) is 0 Å². The Kier molecular flexibility index (Phi) is 4.32. The third-order valence-corrected chi connectivity index (χ3v) is 4.89. The quantitative estimate of drug-likeness (QED) is 0.852. The number of nitrogens with one attached hydrogen (secondary N) is 1. The van der Waals surface area contributed by atoms with Gasteiger partial charge in [-0.3, -0.25) is 0 Å². The molecule has 2 aromatic carbocycles. The Bertz CT molecular complexity index is 648. The van der Waals surface area contributed by atoms with Crippen LogP contribution in [-0.4, -0.2) is 6.54 Å². The van der Waals surface area contributed by atoms with Gasteiger partial charge in [-0.2, -0.15) is 0 Å².